The summed E-state index contributed by atoms with van der Waals surface area (Å²) in [7, 11) is 0. The average Bonchev–Trinajstić information content (AvgIpc) is 3.43. The summed E-state index contributed by atoms with van der Waals surface area (Å²) in [5.74, 6) is 0.311. The van der Waals surface area contributed by atoms with E-state index in [1.54, 1.807) is 12.1 Å². The van der Waals surface area contributed by atoms with Crippen LogP contribution >= 0.6 is 31.9 Å². The second kappa shape index (κ2) is 7.88. The van der Waals surface area contributed by atoms with E-state index in [2.05, 4.69) is 66.1 Å². The number of hydrogen-bond acceptors (Lipinski definition) is 2. The van der Waals surface area contributed by atoms with Gasteiger partial charge in [0.05, 0.1) is 11.0 Å². The predicted molar refractivity (Wildman–Crippen MR) is 155 cm³/mol. The summed E-state index contributed by atoms with van der Waals surface area (Å²) in [6.45, 7) is 0. The number of halogens is 2. The van der Waals surface area contributed by atoms with Crippen LogP contribution in [0.25, 0.3) is 65.9 Å². The quantitative estimate of drug-likeness (QED) is 0.160. The zero-order valence-electron chi connectivity index (χ0n) is 18.7. The smallest absolute Gasteiger partial charge is 0.124 e. The molecular weight excluding hydrogens is 580 g/mol. The normalized spacial score (nSPS) is 11.8. The molecule has 0 saturated heterocycles. The van der Waals surface area contributed by atoms with Crippen molar-refractivity contribution in [2.24, 2.45) is 0 Å². The Morgan fingerprint density at radius 1 is 0.528 bits per heavy atom. The molecular formula is C30H18Br2N2O2. The minimum atomic E-state index is 0.154. The summed E-state index contributed by atoms with van der Waals surface area (Å²) in [4.78, 5) is 7.29. The largest absolute Gasteiger partial charge is 0.507 e. The van der Waals surface area contributed by atoms with Gasteiger partial charge in [-0.2, -0.15) is 0 Å². The maximum Gasteiger partial charge on any atom is 0.124 e. The van der Waals surface area contributed by atoms with Crippen LogP contribution in [-0.2, 0) is 0 Å². The molecule has 0 radical (unpaired) electrons. The van der Waals surface area contributed by atoms with E-state index in [0.29, 0.717) is 11.1 Å². The van der Waals surface area contributed by atoms with Crippen molar-refractivity contribution in [2.45, 2.75) is 0 Å². The van der Waals surface area contributed by atoms with E-state index < -0.39 is 0 Å². The summed E-state index contributed by atoms with van der Waals surface area (Å²) >= 11 is 6.96. The molecule has 2 heterocycles. The number of para-hydroxylation sites is 2. The Balaban J connectivity index is 1.83. The van der Waals surface area contributed by atoms with Crippen molar-refractivity contribution in [3.63, 3.8) is 0 Å². The van der Waals surface area contributed by atoms with Crippen molar-refractivity contribution in [1.29, 1.82) is 0 Å². The average molecular weight is 598 g/mol. The molecule has 4 nitrogen and oxygen atoms in total. The number of phenolic OH excluding ortho intramolecular Hbond substituents is 2. The highest BCUT2D eigenvalue weighted by molar-refractivity contribution is 9.10. The molecule has 0 amide bonds. The lowest BCUT2D eigenvalue weighted by Crippen LogP contribution is -1.92. The highest BCUT2D eigenvalue weighted by Gasteiger charge is 2.26. The summed E-state index contributed by atoms with van der Waals surface area (Å²) in [6, 6.07) is 27.5. The van der Waals surface area contributed by atoms with Gasteiger partial charge in [0.15, 0.2) is 0 Å². The van der Waals surface area contributed by atoms with Gasteiger partial charge in [0.25, 0.3) is 0 Å². The highest BCUT2D eigenvalue weighted by atomic mass is 79.9. The Morgan fingerprint density at radius 3 is 1.61 bits per heavy atom. The van der Waals surface area contributed by atoms with Gasteiger partial charge in [0, 0.05) is 63.8 Å². The molecule has 7 rings (SSSR count). The minimum absolute atomic E-state index is 0.154. The van der Waals surface area contributed by atoms with Gasteiger partial charge in [0.2, 0.25) is 0 Å². The molecule has 0 spiro atoms. The first kappa shape index (κ1) is 21.5. The lowest BCUT2D eigenvalue weighted by atomic mass is 9.87. The number of nitrogens with one attached hydrogen (secondary N) is 2. The maximum atomic E-state index is 11.2. The molecule has 0 aliphatic heterocycles. The number of fused-ring (bicyclic) bond motifs is 7. The first-order chi connectivity index (χ1) is 17.5. The van der Waals surface area contributed by atoms with E-state index in [-0.39, 0.29) is 11.5 Å². The molecule has 0 saturated carbocycles. The number of phenols is 2. The third kappa shape index (κ3) is 3.04. The molecule has 36 heavy (non-hydrogen) atoms. The number of rotatable bonds is 2. The summed E-state index contributed by atoms with van der Waals surface area (Å²) in [5.41, 5.74) is 6.94. The lowest BCUT2D eigenvalue weighted by Gasteiger charge is -2.17. The molecule has 0 aliphatic carbocycles. The van der Waals surface area contributed by atoms with Crippen LogP contribution in [0.1, 0.15) is 0 Å². The molecule has 0 unspecified atom stereocenters. The second-order valence-corrected chi connectivity index (χ2v) is 10.7. The van der Waals surface area contributed by atoms with Crippen LogP contribution in [0.3, 0.4) is 0 Å². The van der Waals surface area contributed by atoms with Crippen LogP contribution in [0, 0.1) is 0 Å². The van der Waals surface area contributed by atoms with Crippen molar-refractivity contribution in [1.82, 2.24) is 9.97 Å². The fraction of sp³-hybridized carbons (Fsp3) is 0. The number of aromatic hydroxyl groups is 2. The Hall–Kier alpha value is -3.74. The SMILES string of the molecule is Oc1cc(Br)ccc1-c1c(-c2ccc(Br)cc2O)c2c3ccccc3[nH]c2c2c1[nH]c1ccccc12. The lowest BCUT2D eigenvalue weighted by molar-refractivity contribution is 0.476. The third-order valence-corrected chi connectivity index (χ3v) is 7.86. The zero-order chi connectivity index (χ0) is 24.6. The number of benzene rings is 5. The Kier molecular flexibility index (Phi) is 4.72. The van der Waals surface area contributed by atoms with E-state index in [4.69, 9.17) is 0 Å². The zero-order valence-corrected chi connectivity index (χ0v) is 21.9. The predicted octanol–water partition coefficient (Wildman–Crippen LogP) is 9.23. The Morgan fingerprint density at radius 2 is 1.03 bits per heavy atom. The van der Waals surface area contributed by atoms with Crippen molar-refractivity contribution in [3.05, 3.63) is 93.9 Å². The van der Waals surface area contributed by atoms with Gasteiger partial charge in [-0.1, -0.05) is 68.3 Å². The highest BCUT2D eigenvalue weighted by Crippen LogP contribution is 2.52. The molecule has 0 aliphatic rings. The van der Waals surface area contributed by atoms with Crippen molar-refractivity contribution >= 4 is 75.5 Å². The Bertz CT molecular complexity index is 2000. The number of aromatic amines is 2. The standard InChI is InChI=1S/C30H18Br2N2O2/c31-15-9-11-19(23(35)13-15)25-26-17-5-1-3-7-21(17)33-29(26)28-18-6-2-4-8-22(18)34-30(28)27(25)20-12-10-16(32)14-24(20)36/h1-14,33-36H. The minimum Gasteiger partial charge on any atom is -0.507 e. The maximum absolute atomic E-state index is 11.2. The summed E-state index contributed by atoms with van der Waals surface area (Å²) in [6.07, 6.45) is 0. The Labute approximate surface area is 222 Å². The van der Waals surface area contributed by atoms with Gasteiger partial charge in [-0.25, -0.2) is 0 Å². The van der Waals surface area contributed by atoms with Gasteiger partial charge in [-0.15, -0.1) is 0 Å². The van der Waals surface area contributed by atoms with Crippen LogP contribution in [0.4, 0.5) is 0 Å². The molecule has 0 atom stereocenters. The van der Waals surface area contributed by atoms with Crippen molar-refractivity contribution in [2.75, 3.05) is 0 Å². The van der Waals surface area contributed by atoms with E-state index in [9.17, 15) is 10.2 Å². The molecule has 0 bridgehead atoms. The van der Waals surface area contributed by atoms with Crippen LogP contribution in [0.2, 0.25) is 0 Å². The molecule has 5 aromatic carbocycles. The van der Waals surface area contributed by atoms with Gasteiger partial charge < -0.3 is 20.2 Å². The molecule has 7 aromatic rings. The number of aromatic nitrogens is 2. The van der Waals surface area contributed by atoms with Gasteiger partial charge in [-0.3, -0.25) is 0 Å². The first-order valence-corrected chi connectivity index (χ1v) is 13.0. The summed E-state index contributed by atoms with van der Waals surface area (Å²) in [5, 5.41) is 26.6. The fourth-order valence-electron chi connectivity index (χ4n) is 5.40. The molecule has 4 N–H and O–H groups in total. The summed E-state index contributed by atoms with van der Waals surface area (Å²) < 4.78 is 1.58. The fourth-order valence-corrected chi connectivity index (χ4v) is 6.10. The van der Waals surface area contributed by atoms with Crippen LogP contribution in [0.5, 0.6) is 11.5 Å². The van der Waals surface area contributed by atoms with Gasteiger partial charge in [-0.05, 0) is 48.5 Å². The van der Waals surface area contributed by atoms with Crippen LogP contribution in [-0.4, -0.2) is 20.2 Å². The molecule has 0 fully saturated rings. The first-order valence-electron chi connectivity index (χ1n) is 11.5. The second-order valence-electron chi connectivity index (χ2n) is 8.91. The van der Waals surface area contributed by atoms with E-state index in [1.807, 2.05) is 48.5 Å². The van der Waals surface area contributed by atoms with Gasteiger partial charge in [0.1, 0.15) is 11.5 Å². The van der Waals surface area contributed by atoms with Crippen molar-refractivity contribution in [3.8, 4) is 33.8 Å². The van der Waals surface area contributed by atoms with E-state index in [1.165, 1.54) is 0 Å². The topological polar surface area (TPSA) is 72.0 Å². The third-order valence-electron chi connectivity index (χ3n) is 6.87. The van der Waals surface area contributed by atoms with Crippen LogP contribution in [0.15, 0.2) is 93.9 Å². The molecule has 174 valence electrons. The number of H-pyrrole nitrogens is 2. The molecule has 2 aromatic heterocycles. The molecule has 6 heteroatoms. The number of hydrogen-bond donors (Lipinski definition) is 4. The van der Waals surface area contributed by atoms with Crippen molar-refractivity contribution < 1.29 is 10.2 Å². The van der Waals surface area contributed by atoms with Crippen LogP contribution < -0.4 is 0 Å². The van der Waals surface area contributed by atoms with E-state index >= 15 is 0 Å². The van der Waals surface area contributed by atoms with Gasteiger partial charge >= 0.3 is 0 Å². The monoisotopic (exact) mass is 596 g/mol. The van der Waals surface area contributed by atoms with E-state index in [0.717, 1.165) is 63.7 Å².